The van der Waals surface area contributed by atoms with Gasteiger partial charge < -0.3 is 15.4 Å². The minimum atomic E-state index is 0.123. The van der Waals surface area contributed by atoms with E-state index in [4.69, 9.17) is 4.74 Å². The van der Waals surface area contributed by atoms with Crippen molar-refractivity contribution in [1.29, 1.82) is 0 Å². The molecule has 0 saturated carbocycles. The largest absolute Gasteiger partial charge is 0.377 e. The van der Waals surface area contributed by atoms with E-state index in [0.717, 1.165) is 32.5 Å². The van der Waals surface area contributed by atoms with Crippen molar-refractivity contribution in [1.82, 2.24) is 10.6 Å². The fourth-order valence-electron chi connectivity index (χ4n) is 1.15. The molecule has 0 aromatic carbocycles. The molecule has 0 saturated heterocycles. The molecule has 0 heterocycles. The first kappa shape index (κ1) is 14.4. The zero-order valence-electron chi connectivity index (χ0n) is 10.1. The van der Waals surface area contributed by atoms with Gasteiger partial charge in [-0.1, -0.05) is 0 Å². The summed E-state index contributed by atoms with van der Waals surface area (Å²) in [7, 11) is 1.67. The fraction of sp³-hybridized carbons (Fsp3) is 0.909. The summed E-state index contributed by atoms with van der Waals surface area (Å²) in [5.41, 5.74) is 0. The molecule has 0 aliphatic rings. The molecule has 1 amide bonds. The number of hydrogen-bond donors (Lipinski definition) is 2. The van der Waals surface area contributed by atoms with Crippen LogP contribution < -0.4 is 10.6 Å². The van der Waals surface area contributed by atoms with Crippen LogP contribution in [0, 0.1) is 0 Å². The Balaban J connectivity index is 3.02. The van der Waals surface area contributed by atoms with E-state index in [1.54, 1.807) is 7.05 Å². The minimum Gasteiger partial charge on any atom is -0.377 e. The van der Waals surface area contributed by atoms with Crippen LogP contribution in [0.1, 0.15) is 33.1 Å². The Hall–Kier alpha value is -0.610. The summed E-state index contributed by atoms with van der Waals surface area (Å²) in [5, 5.41) is 5.89. The zero-order valence-corrected chi connectivity index (χ0v) is 10.1. The van der Waals surface area contributed by atoms with Crippen LogP contribution in [0.2, 0.25) is 0 Å². The highest BCUT2D eigenvalue weighted by atomic mass is 16.5. The Bertz CT molecular complexity index is 161. The molecular weight excluding hydrogens is 192 g/mol. The lowest BCUT2D eigenvalue weighted by atomic mass is 10.2. The van der Waals surface area contributed by atoms with Crippen LogP contribution in [0.25, 0.3) is 0 Å². The molecule has 90 valence electrons. The van der Waals surface area contributed by atoms with Crippen molar-refractivity contribution in [3.8, 4) is 0 Å². The Morgan fingerprint density at radius 1 is 1.27 bits per heavy atom. The Labute approximate surface area is 92.8 Å². The van der Waals surface area contributed by atoms with Gasteiger partial charge in [0, 0.05) is 20.0 Å². The van der Waals surface area contributed by atoms with E-state index < -0.39 is 0 Å². The molecule has 0 rings (SSSR count). The van der Waals surface area contributed by atoms with Crippen molar-refractivity contribution >= 4 is 5.91 Å². The maximum absolute atomic E-state index is 10.9. The molecular formula is C11H24N2O2. The number of amides is 1. The lowest BCUT2D eigenvalue weighted by Crippen LogP contribution is -2.23. The molecule has 0 bridgehead atoms. The van der Waals surface area contributed by atoms with E-state index in [9.17, 15) is 4.79 Å². The highest BCUT2D eigenvalue weighted by molar-refractivity contribution is 5.75. The Morgan fingerprint density at radius 3 is 2.60 bits per heavy atom. The van der Waals surface area contributed by atoms with Crippen LogP contribution in [-0.4, -0.2) is 38.8 Å². The van der Waals surface area contributed by atoms with Crippen molar-refractivity contribution in [3.05, 3.63) is 0 Å². The van der Waals surface area contributed by atoms with Gasteiger partial charge in [0.2, 0.25) is 5.91 Å². The van der Waals surface area contributed by atoms with E-state index >= 15 is 0 Å². The van der Waals surface area contributed by atoms with Crippen LogP contribution in [-0.2, 0) is 9.53 Å². The first-order valence-electron chi connectivity index (χ1n) is 5.69. The third-order valence-electron chi connectivity index (χ3n) is 2.02. The van der Waals surface area contributed by atoms with Gasteiger partial charge in [-0.15, -0.1) is 0 Å². The van der Waals surface area contributed by atoms with E-state index in [-0.39, 0.29) is 5.91 Å². The first-order chi connectivity index (χ1) is 7.16. The van der Waals surface area contributed by atoms with Crippen LogP contribution in [0.4, 0.5) is 0 Å². The fourth-order valence-corrected chi connectivity index (χ4v) is 1.15. The summed E-state index contributed by atoms with van der Waals surface area (Å²) in [6.07, 6.45) is 2.91. The van der Waals surface area contributed by atoms with E-state index in [0.29, 0.717) is 12.5 Å². The lowest BCUT2D eigenvalue weighted by molar-refractivity contribution is -0.120. The van der Waals surface area contributed by atoms with Gasteiger partial charge in [0.15, 0.2) is 0 Å². The monoisotopic (exact) mass is 216 g/mol. The number of hydrogen-bond acceptors (Lipinski definition) is 3. The first-order valence-corrected chi connectivity index (χ1v) is 5.69. The Morgan fingerprint density at radius 2 is 2.00 bits per heavy atom. The average molecular weight is 216 g/mol. The predicted molar refractivity (Wildman–Crippen MR) is 61.9 cm³/mol. The molecule has 0 aliphatic carbocycles. The standard InChI is InChI=1S/C11H24N2O2/c1-10(2)15-9-8-13-7-5-4-6-11(14)12-3/h10,13H,4-9H2,1-3H3,(H,12,14). The number of carbonyl (C=O) groups is 1. The third kappa shape index (κ3) is 11.3. The SMILES string of the molecule is CNC(=O)CCCCNCCOC(C)C. The van der Waals surface area contributed by atoms with E-state index in [2.05, 4.69) is 10.6 Å². The van der Waals surface area contributed by atoms with Crippen LogP contribution in [0.5, 0.6) is 0 Å². The van der Waals surface area contributed by atoms with Crippen molar-refractivity contribution in [3.63, 3.8) is 0 Å². The normalized spacial score (nSPS) is 10.7. The lowest BCUT2D eigenvalue weighted by Gasteiger charge is -2.08. The van der Waals surface area contributed by atoms with Gasteiger partial charge in [0.1, 0.15) is 0 Å². The number of ether oxygens (including phenoxy) is 1. The van der Waals surface area contributed by atoms with Crippen molar-refractivity contribution < 1.29 is 9.53 Å². The predicted octanol–water partition coefficient (Wildman–Crippen LogP) is 0.917. The molecule has 0 aromatic heterocycles. The summed E-state index contributed by atoms with van der Waals surface area (Å²) in [5.74, 6) is 0.123. The molecule has 2 N–H and O–H groups in total. The topological polar surface area (TPSA) is 50.4 Å². The molecule has 0 spiro atoms. The minimum absolute atomic E-state index is 0.123. The van der Waals surface area contributed by atoms with Crippen molar-refractivity contribution in [2.75, 3.05) is 26.7 Å². The number of nitrogens with one attached hydrogen (secondary N) is 2. The van der Waals surface area contributed by atoms with Crippen LogP contribution in [0.15, 0.2) is 0 Å². The summed E-state index contributed by atoms with van der Waals surface area (Å²) in [6, 6.07) is 0. The molecule has 0 radical (unpaired) electrons. The second kappa shape index (κ2) is 9.93. The maximum atomic E-state index is 10.9. The average Bonchev–Trinajstić information content (AvgIpc) is 2.21. The number of carbonyl (C=O) groups excluding carboxylic acids is 1. The molecule has 15 heavy (non-hydrogen) atoms. The van der Waals surface area contributed by atoms with Gasteiger partial charge in [-0.3, -0.25) is 4.79 Å². The van der Waals surface area contributed by atoms with Crippen LogP contribution >= 0.6 is 0 Å². The van der Waals surface area contributed by atoms with Gasteiger partial charge in [-0.05, 0) is 33.2 Å². The number of rotatable bonds is 9. The van der Waals surface area contributed by atoms with Gasteiger partial charge >= 0.3 is 0 Å². The quantitative estimate of drug-likeness (QED) is 0.563. The summed E-state index contributed by atoms with van der Waals surface area (Å²) in [4.78, 5) is 10.9. The summed E-state index contributed by atoms with van der Waals surface area (Å²) >= 11 is 0. The zero-order chi connectivity index (χ0) is 11.5. The van der Waals surface area contributed by atoms with Gasteiger partial charge in [-0.2, -0.15) is 0 Å². The third-order valence-corrected chi connectivity index (χ3v) is 2.02. The molecule has 4 heteroatoms. The van der Waals surface area contributed by atoms with Gasteiger partial charge in [0.25, 0.3) is 0 Å². The molecule has 0 aromatic rings. The van der Waals surface area contributed by atoms with Crippen molar-refractivity contribution in [2.45, 2.75) is 39.2 Å². The van der Waals surface area contributed by atoms with E-state index in [1.807, 2.05) is 13.8 Å². The highest BCUT2D eigenvalue weighted by Crippen LogP contribution is 1.93. The smallest absolute Gasteiger partial charge is 0.219 e. The maximum Gasteiger partial charge on any atom is 0.219 e. The highest BCUT2D eigenvalue weighted by Gasteiger charge is 1.97. The van der Waals surface area contributed by atoms with Crippen molar-refractivity contribution in [2.24, 2.45) is 0 Å². The van der Waals surface area contributed by atoms with Gasteiger partial charge in [-0.25, -0.2) is 0 Å². The molecule has 0 fully saturated rings. The van der Waals surface area contributed by atoms with Gasteiger partial charge in [0.05, 0.1) is 12.7 Å². The molecule has 0 unspecified atom stereocenters. The molecule has 4 nitrogen and oxygen atoms in total. The molecule has 0 atom stereocenters. The Kier molecular flexibility index (Phi) is 9.52. The second-order valence-corrected chi connectivity index (χ2v) is 3.80. The number of unbranched alkanes of at least 4 members (excludes halogenated alkanes) is 1. The summed E-state index contributed by atoms with van der Waals surface area (Å²) in [6.45, 7) is 6.66. The van der Waals surface area contributed by atoms with E-state index in [1.165, 1.54) is 0 Å². The second-order valence-electron chi connectivity index (χ2n) is 3.80. The summed E-state index contributed by atoms with van der Waals surface area (Å²) < 4.78 is 5.38. The molecule has 0 aliphatic heterocycles. The van der Waals surface area contributed by atoms with Crippen LogP contribution in [0.3, 0.4) is 0 Å².